The van der Waals surface area contributed by atoms with Crippen LogP contribution in [0, 0.1) is 11.8 Å². The zero-order chi connectivity index (χ0) is 13.0. The van der Waals surface area contributed by atoms with Gasteiger partial charge in [0, 0.05) is 11.9 Å². The largest absolute Gasteiger partial charge is 0.372 e. The molecule has 3 unspecified atom stereocenters. The van der Waals surface area contributed by atoms with Gasteiger partial charge in [0.2, 0.25) is 0 Å². The maximum atomic E-state index is 6.00. The van der Waals surface area contributed by atoms with E-state index in [2.05, 4.69) is 29.5 Å². The summed E-state index contributed by atoms with van der Waals surface area (Å²) < 4.78 is 6.00. The number of nitrogens with one attached hydrogen (secondary N) is 1. The first-order valence-electron chi connectivity index (χ1n) is 6.88. The second-order valence-corrected chi connectivity index (χ2v) is 6.41. The lowest BCUT2D eigenvalue weighted by Crippen LogP contribution is -2.26. The van der Waals surface area contributed by atoms with Crippen molar-refractivity contribution in [3.05, 3.63) is 16.1 Å². The van der Waals surface area contributed by atoms with E-state index in [1.807, 2.05) is 7.05 Å². The minimum atomic E-state index is 0.436. The number of rotatable bonds is 5. The monoisotopic (exact) mass is 268 g/mol. The summed E-state index contributed by atoms with van der Waals surface area (Å²) in [5.74, 6) is 1.64. The van der Waals surface area contributed by atoms with E-state index in [-0.39, 0.29) is 0 Å². The molecule has 1 aliphatic rings. The minimum absolute atomic E-state index is 0.436. The number of aromatic nitrogens is 1. The van der Waals surface area contributed by atoms with Crippen LogP contribution in [0.4, 0.5) is 0 Å². The Morgan fingerprint density at radius 3 is 2.94 bits per heavy atom. The molecule has 1 aromatic rings. The van der Waals surface area contributed by atoms with E-state index in [9.17, 15) is 0 Å². The number of hydrogen-bond acceptors (Lipinski definition) is 4. The summed E-state index contributed by atoms with van der Waals surface area (Å²) in [7, 11) is 1.95. The van der Waals surface area contributed by atoms with E-state index in [1.165, 1.54) is 19.3 Å². The molecule has 1 saturated carbocycles. The zero-order valence-corrected chi connectivity index (χ0v) is 12.4. The van der Waals surface area contributed by atoms with Crippen molar-refractivity contribution >= 4 is 11.3 Å². The van der Waals surface area contributed by atoms with Gasteiger partial charge < -0.3 is 10.1 Å². The van der Waals surface area contributed by atoms with Gasteiger partial charge in [0.25, 0.3) is 0 Å². The van der Waals surface area contributed by atoms with Crippen LogP contribution >= 0.6 is 11.3 Å². The molecule has 1 heterocycles. The lowest BCUT2D eigenvalue weighted by atomic mass is 9.80. The molecule has 18 heavy (non-hydrogen) atoms. The van der Waals surface area contributed by atoms with Crippen LogP contribution in [0.3, 0.4) is 0 Å². The van der Waals surface area contributed by atoms with Gasteiger partial charge >= 0.3 is 0 Å². The average molecular weight is 268 g/mol. The summed E-state index contributed by atoms with van der Waals surface area (Å²) in [6, 6.07) is 0. The summed E-state index contributed by atoms with van der Waals surface area (Å²) in [5, 5.41) is 6.37. The van der Waals surface area contributed by atoms with Gasteiger partial charge in [-0.25, -0.2) is 4.98 Å². The summed E-state index contributed by atoms with van der Waals surface area (Å²) >= 11 is 1.71. The average Bonchev–Trinajstić information content (AvgIpc) is 2.79. The van der Waals surface area contributed by atoms with Crippen LogP contribution in [0.5, 0.6) is 0 Å². The highest BCUT2D eigenvalue weighted by atomic mass is 32.1. The van der Waals surface area contributed by atoms with Gasteiger partial charge in [-0.3, -0.25) is 0 Å². The first-order chi connectivity index (χ1) is 8.69. The van der Waals surface area contributed by atoms with E-state index in [4.69, 9.17) is 4.74 Å². The Hall–Kier alpha value is -0.450. The summed E-state index contributed by atoms with van der Waals surface area (Å²) in [6.45, 7) is 6.22. The van der Waals surface area contributed by atoms with Gasteiger partial charge in [0.1, 0.15) is 5.01 Å². The zero-order valence-electron chi connectivity index (χ0n) is 11.6. The maximum Gasteiger partial charge on any atom is 0.107 e. The maximum absolute atomic E-state index is 6.00. The highest BCUT2D eigenvalue weighted by Crippen LogP contribution is 2.31. The second kappa shape index (κ2) is 6.64. The van der Waals surface area contributed by atoms with Crippen LogP contribution in [-0.4, -0.2) is 18.1 Å². The van der Waals surface area contributed by atoms with Gasteiger partial charge in [0.05, 0.1) is 18.4 Å². The second-order valence-electron chi connectivity index (χ2n) is 5.46. The molecular weight excluding hydrogens is 244 g/mol. The molecule has 1 N–H and O–H groups in total. The lowest BCUT2D eigenvalue weighted by Gasteiger charge is -2.31. The molecule has 0 spiro atoms. The van der Waals surface area contributed by atoms with Crippen molar-refractivity contribution in [2.75, 3.05) is 7.05 Å². The fraction of sp³-hybridized carbons (Fsp3) is 0.786. The van der Waals surface area contributed by atoms with Crippen molar-refractivity contribution in [2.24, 2.45) is 11.8 Å². The predicted octanol–water partition coefficient (Wildman–Crippen LogP) is 3.20. The molecule has 1 aliphatic carbocycles. The van der Waals surface area contributed by atoms with Crippen molar-refractivity contribution in [1.29, 1.82) is 0 Å². The fourth-order valence-corrected chi connectivity index (χ4v) is 3.29. The van der Waals surface area contributed by atoms with E-state index < -0.39 is 0 Å². The van der Waals surface area contributed by atoms with E-state index in [0.29, 0.717) is 12.7 Å². The van der Waals surface area contributed by atoms with Crippen molar-refractivity contribution in [1.82, 2.24) is 10.3 Å². The molecule has 0 aliphatic heterocycles. The molecule has 1 aromatic heterocycles. The van der Waals surface area contributed by atoms with Crippen molar-refractivity contribution < 1.29 is 4.74 Å². The third kappa shape index (κ3) is 3.77. The van der Waals surface area contributed by atoms with Gasteiger partial charge in [-0.1, -0.05) is 13.8 Å². The summed E-state index contributed by atoms with van der Waals surface area (Å²) in [6.07, 6.45) is 4.15. The molecule has 3 atom stereocenters. The number of nitrogens with zero attached hydrogens (tertiary/aromatic N) is 1. The van der Waals surface area contributed by atoms with E-state index in [1.54, 1.807) is 11.3 Å². The SMILES string of the molecule is CNCc1nc(COC2CCC(C)C(C)C2)cs1. The van der Waals surface area contributed by atoms with Crippen LogP contribution in [0.1, 0.15) is 43.8 Å². The van der Waals surface area contributed by atoms with Gasteiger partial charge in [-0.2, -0.15) is 0 Å². The minimum Gasteiger partial charge on any atom is -0.372 e. The fourth-order valence-electron chi connectivity index (χ4n) is 2.50. The summed E-state index contributed by atoms with van der Waals surface area (Å²) in [5.41, 5.74) is 1.08. The molecule has 2 rings (SSSR count). The number of ether oxygens (including phenoxy) is 1. The quantitative estimate of drug-likeness (QED) is 0.890. The van der Waals surface area contributed by atoms with Crippen LogP contribution in [0.15, 0.2) is 5.38 Å². The van der Waals surface area contributed by atoms with Crippen LogP contribution < -0.4 is 5.32 Å². The number of thiazole rings is 1. The number of hydrogen-bond donors (Lipinski definition) is 1. The predicted molar refractivity (Wildman–Crippen MR) is 75.6 cm³/mol. The van der Waals surface area contributed by atoms with Gasteiger partial charge in [-0.05, 0) is 38.1 Å². The standard InChI is InChI=1S/C14H24N2OS/c1-10-4-5-13(6-11(10)2)17-8-12-9-18-14(16-12)7-15-3/h9-11,13,15H,4-8H2,1-3H3. The molecule has 0 amide bonds. The Labute approximate surface area is 114 Å². The Morgan fingerprint density at radius 1 is 1.39 bits per heavy atom. The molecule has 0 radical (unpaired) electrons. The molecule has 1 fully saturated rings. The highest BCUT2D eigenvalue weighted by Gasteiger charge is 2.25. The van der Waals surface area contributed by atoms with Crippen molar-refractivity contribution in [2.45, 2.75) is 52.4 Å². The van der Waals surface area contributed by atoms with E-state index >= 15 is 0 Å². The van der Waals surface area contributed by atoms with Crippen molar-refractivity contribution in [3.8, 4) is 0 Å². The Morgan fingerprint density at radius 2 is 2.22 bits per heavy atom. The molecule has 3 nitrogen and oxygen atoms in total. The Bertz CT molecular complexity index is 366. The highest BCUT2D eigenvalue weighted by molar-refractivity contribution is 7.09. The molecule has 0 saturated heterocycles. The molecule has 4 heteroatoms. The first kappa shape index (κ1) is 14.0. The third-order valence-electron chi connectivity index (χ3n) is 3.94. The first-order valence-corrected chi connectivity index (χ1v) is 7.76. The van der Waals surface area contributed by atoms with E-state index in [0.717, 1.165) is 29.1 Å². The Balaban J connectivity index is 1.77. The smallest absolute Gasteiger partial charge is 0.107 e. The topological polar surface area (TPSA) is 34.2 Å². The van der Waals surface area contributed by atoms with Gasteiger partial charge in [0.15, 0.2) is 0 Å². The lowest BCUT2D eigenvalue weighted by molar-refractivity contribution is -0.00861. The van der Waals surface area contributed by atoms with Gasteiger partial charge in [-0.15, -0.1) is 11.3 Å². The van der Waals surface area contributed by atoms with Crippen LogP contribution in [0.25, 0.3) is 0 Å². The molecular formula is C14H24N2OS. The third-order valence-corrected chi connectivity index (χ3v) is 4.84. The Kier molecular flexibility index (Phi) is 5.15. The molecule has 0 bridgehead atoms. The molecule has 102 valence electrons. The molecule has 0 aromatic carbocycles. The normalized spacial score (nSPS) is 28.5. The van der Waals surface area contributed by atoms with Crippen LogP contribution in [-0.2, 0) is 17.9 Å². The van der Waals surface area contributed by atoms with Crippen molar-refractivity contribution in [3.63, 3.8) is 0 Å². The van der Waals surface area contributed by atoms with Crippen LogP contribution in [0.2, 0.25) is 0 Å². The summed E-state index contributed by atoms with van der Waals surface area (Å²) in [4.78, 5) is 4.55.